The summed E-state index contributed by atoms with van der Waals surface area (Å²) in [4.78, 5) is 24.4. The second kappa shape index (κ2) is 4.79. The Morgan fingerprint density at radius 3 is 2.68 bits per heavy atom. The van der Waals surface area contributed by atoms with E-state index in [9.17, 15) is 14.0 Å². The molecule has 1 atom stereocenters. The van der Waals surface area contributed by atoms with Crippen molar-refractivity contribution in [2.45, 2.75) is 12.0 Å². The van der Waals surface area contributed by atoms with Crippen LogP contribution < -0.4 is 5.73 Å². The smallest absolute Gasteiger partial charge is 0.325 e. The van der Waals surface area contributed by atoms with E-state index in [1.807, 2.05) is 0 Å². The topological polar surface area (TPSA) is 83.6 Å². The number of carboxylic acids is 1. The molecule has 5 nitrogen and oxygen atoms in total. The highest BCUT2D eigenvalue weighted by atomic mass is 35.5. The number of carbonyl (C=O) groups is 2. The predicted octanol–water partition coefficient (Wildman–Crippen LogP) is 1.11. The van der Waals surface area contributed by atoms with Gasteiger partial charge >= 0.3 is 5.97 Å². The van der Waals surface area contributed by atoms with Crippen LogP contribution in [0.2, 0.25) is 5.02 Å². The first kappa shape index (κ1) is 13.8. The molecule has 1 fully saturated rings. The van der Waals surface area contributed by atoms with E-state index in [2.05, 4.69) is 0 Å². The molecule has 7 heteroatoms. The fourth-order valence-corrected chi connectivity index (χ4v) is 2.17. The molecule has 102 valence electrons. The zero-order valence-electron chi connectivity index (χ0n) is 9.90. The average molecular weight is 287 g/mol. The zero-order valence-corrected chi connectivity index (χ0v) is 10.7. The van der Waals surface area contributed by atoms with Crippen molar-refractivity contribution in [2.75, 3.05) is 13.1 Å². The van der Waals surface area contributed by atoms with Gasteiger partial charge in [0.05, 0.1) is 5.02 Å². The Labute approximate surface area is 113 Å². The summed E-state index contributed by atoms with van der Waals surface area (Å²) in [6.45, 7) is 0.173. The van der Waals surface area contributed by atoms with E-state index in [0.717, 1.165) is 6.07 Å². The van der Waals surface area contributed by atoms with E-state index in [1.165, 1.54) is 17.0 Å². The number of rotatable bonds is 2. The molecule has 0 aliphatic carbocycles. The Morgan fingerprint density at radius 1 is 1.47 bits per heavy atom. The lowest BCUT2D eigenvalue weighted by Crippen LogP contribution is -2.50. The van der Waals surface area contributed by atoms with Gasteiger partial charge in [0.25, 0.3) is 5.91 Å². The lowest BCUT2D eigenvalue weighted by atomic mass is 10.0. The van der Waals surface area contributed by atoms with E-state index in [0.29, 0.717) is 0 Å². The first-order chi connectivity index (χ1) is 8.83. The molecule has 1 saturated heterocycles. The maximum Gasteiger partial charge on any atom is 0.325 e. The Morgan fingerprint density at radius 2 is 2.16 bits per heavy atom. The highest BCUT2D eigenvalue weighted by Gasteiger charge is 2.43. The maximum absolute atomic E-state index is 13.0. The summed E-state index contributed by atoms with van der Waals surface area (Å²) in [5.74, 6) is -2.16. The van der Waals surface area contributed by atoms with Gasteiger partial charge in [-0.15, -0.1) is 0 Å². The van der Waals surface area contributed by atoms with Crippen molar-refractivity contribution in [2.24, 2.45) is 5.73 Å². The monoisotopic (exact) mass is 286 g/mol. The molecule has 0 bridgehead atoms. The van der Waals surface area contributed by atoms with Gasteiger partial charge in [-0.1, -0.05) is 11.6 Å². The quantitative estimate of drug-likeness (QED) is 0.853. The molecule has 1 unspecified atom stereocenters. The summed E-state index contributed by atoms with van der Waals surface area (Å²) in [5, 5.41) is 8.84. The first-order valence-corrected chi connectivity index (χ1v) is 5.98. The van der Waals surface area contributed by atoms with Gasteiger partial charge in [-0.2, -0.15) is 0 Å². The molecule has 3 N–H and O–H groups in total. The molecule has 1 aliphatic heterocycles. The molecule has 1 aromatic carbocycles. The van der Waals surface area contributed by atoms with Crippen LogP contribution in [0.4, 0.5) is 4.39 Å². The summed E-state index contributed by atoms with van der Waals surface area (Å²) in [6, 6.07) is 3.62. The summed E-state index contributed by atoms with van der Waals surface area (Å²) >= 11 is 5.61. The van der Waals surface area contributed by atoms with Crippen molar-refractivity contribution in [1.82, 2.24) is 4.90 Å². The van der Waals surface area contributed by atoms with Gasteiger partial charge in [0.15, 0.2) is 0 Å². The average Bonchev–Trinajstić information content (AvgIpc) is 2.76. The molecule has 1 heterocycles. The highest BCUT2D eigenvalue weighted by Crippen LogP contribution is 2.23. The lowest BCUT2D eigenvalue weighted by Gasteiger charge is -2.20. The van der Waals surface area contributed by atoms with Crippen LogP contribution in [0, 0.1) is 5.82 Å². The number of aliphatic carboxylic acids is 1. The highest BCUT2D eigenvalue weighted by molar-refractivity contribution is 6.31. The largest absolute Gasteiger partial charge is 0.480 e. The number of benzene rings is 1. The maximum atomic E-state index is 13.0. The van der Waals surface area contributed by atoms with Gasteiger partial charge < -0.3 is 15.7 Å². The molecule has 0 saturated carbocycles. The van der Waals surface area contributed by atoms with Crippen molar-refractivity contribution in [3.05, 3.63) is 34.6 Å². The SMILES string of the molecule is NC1(C(=O)O)CCN(C(=O)c2ccc(F)c(Cl)c2)C1. The molecule has 0 radical (unpaired) electrons. The van der Waals surface area contributed by atoms with Crippen LogP contribution in [-0.2, 0) is 4.79 Å². The van der Waals surface area contributed by atoms with E-state index < -0.39 is 23.2 Å². The molecular formula is C12H12ClFN2O3. The fraction of sp³-hybridized carbons (Fsp3) is 0.333. The van der Waals surface area contributed by atoms with Crippen molar-refractivity contribution in [3.63, 3.8) is 0 Å². The Kier molecular flexibility index (Phi) is 3.47. The molecule has 1 aliphatic rings. The van der Waals surface area contributed by atoms with Crippen molar-refractivity contribution < 1.29 is 19.1 Å². The van der Waals surface area contributed by atoms with Gasteiger partial charge in [0.1, 0.15) is 11.4 Å². The predicted molar refractivity (Wildman–Crippen MR) is 66.5 cm³/mol. The number of likely N-dealkylation sites (tertiary alicyclic amines) is 1. The van der Waals surface area contributed by atoms with Crippen molar-refractivity contribution in [3.8, 4) is 0 Å². The normalized spacial score (nSPS) is 22.6. The first-order valence-electron chi connectivity index (χ1n) is 5.60. The van der Waals surface area contributed by atoms with E-state index in [-0.39, 0.29) is 30.1 Å². The van der Waals surface area contributed by atoms with Crippen LogP contribution in [0.5, 0.6) is 0 Å². The van der Waals surface area contributed by atoms with Gasteiger partial charge in [0.2, 0.25) is 0 Å². The molecule has 2 rings (SSSR count). The Bertz CT molecular complexity index is 552. The van der Waals surface area contributed by atoms with Crippen LogP contribution in [0.1, 0.15) is 16.8 Å². The number of nitrogens with zero attached hydrogens (tertiary/aromatic N) is 1. The number of hydrogen-bond donors (Lipinski definition) is 2. The van der Waals surface area contributed by atoms with Gasteiger partial charge in [0, 0.05) is 18.7 Å². The standard InChI is InChI=1S/C12H12ClFN2O3/c13-8-5-7(1-2-9(8)14)10(17)16-4-3-12(15,6-16)11(18)19/h1-2,5H,3-4,6,15H2,(H,18,19). The molecule has 1 amide bonds. The lowest BCUT2D eigenvalue weighted by molar-refractivity contribution is -0.142. The number of halogens is 2. The number of nitrogens with two attached hydrogens (primary N) is 1. The third-order valence-corrected chi connectivity index (χ3v) is 3.47. The molecule has 0 aromatic heterocycles. The second-order valence-corrected chi connectivity index (χ2v) is 4.97. The number of carboxylic acid groups (broad SMARTS) is 1. The third kappa shape index (κ3) is 2.54. The van der Waals surface area contributed by atoms with E-state index in [4.69, 9.17) is 22.4 Å². The third-order valence-electron chi connectivity index (χ3n) is 3.18. The Hall–Kier alpha value is -1.66. The molecule has 19 heavy (non-hydrogen) atoms. The van der Waals surface area contributed by atoms with E-state index >= 15 is 0 Å². The number of carbonyl (C=O) groups excluding carboxylic acids is 1. The van der Waals surface area contributed by atoms with Crippen LogP contribution in [0.15, 0.2) is 18.2 Å². The minimum atomic E-state index is -1.42. The number of hydrogen-bond acceptors (Lipinski definition) is 3. The van der Waals surface area contributed by atoms with Gasteiger partial charge in [-0.3, -0.25) is 9.59 Å². The van der Waals surface area contributed by atoms with Crippen LogP contribution in [-0.4, -0.2) is 40.5 Å². The molecule has 0 spiro atoms. The number of amides is 1. The minimum absolute atomic E-state index is 0.0733. The van der Waals surface area contributed by atoms with Gasteiger partial charge in [-0.05, 0) is 24.6 Å². The zero-order chi connectivity index (χ0) is 14.2. The minimum Gasteiger partial charge on any atom is -0.480 e. The fourth-order valence-electron chi connectivity index (χ4n) is 1.99. The summed E-state index contributed by atoms with van der Waals surface area (Å²) < 4.78 is 13.0. The second-order valence-electron chi connectivity index (χ2n) is 4.57. The summed E-state index contributed by atoms with van der Waals surface area (Å²) in [6.07, 6.45) is 0.184. The van der Waals surface area contributed by atoms with Crippen LogP contribution >= 0.6 is 11.6 Å². The van der Waals surface area contributed by atoms with Crippen molar-refractivity contribution in [1.29, 1.82) is 0 Å². The summed E-state index contributed by atoms with van der Waals surface area (Å²) in [5.41, 5.74) is 4.47. The van der Waals surface area contributed by atoms with Crippen LogP contribution in [0.3, 0.4) is 0 Å². The molecular weight excluding hydrogens is 275 g/mol. The molecule has 1 aromatic rings. The Balaban J connectivity index is 2.18. The van der Waals surface area contributed by atoms with Crippen molar-refractivity contribution >= 4 is 23.5 Å². The van der Waals surface area contributed by atoms with Gasteiger partial charge in [-0.25, -0.2) is 4.39 Å². The van der Waals surface area contributed by atoms with Crippen LogP contribution in [0.25, 0.3) is 0 Å². The van der Waals surface area contributed by atoms with E-state index in [1.54, 1.807) is 0 Å². The summed E-state index contributed by atoms with van der Waals surface area (Å²) in [7, 11) is 0.